The van der Waals surface area contributed by atoms with Gasteiger partial charge in [0.2, 0.25) is 15.9 Å². The highest BCUT2D eigenvalue weighted by molar-refractivity contribution is 7.89. The van der Waals surface area contributed by atoms with Gasteiger partial charge in [0.15, 0.2) is 6.39 Å². The van der Waals surface area contributed by atoms with Crippen molar-refractivity contribution in [3.63, 3.8) is 0 Å². The molecular weight excluding hydrogens is 466 g/mol. The van der Waals surface area contributed by atoms with Gasteiger partial charge in [-0.15, -0.1) is 0 Å². The molecule has 1 N–H and O–H groups in total. The normalized spacial score (nSPS) is 23.2. The Hall–Kier alpha value is -3.01. The van der Waals surface area contributed by atoms with E-state index in [4.69, 9.17) is 9.15 Å². The van der Waals surface area contributed by atoms with Gasteiger partial charge in [0.05, 0.1) is 24.2 Å². The third kappa shape index (κ3) is 5.32. The number of sulfonamides is 1. The van der Waals surface area contributed by atoms with E-state index in [0.717, 1.165) is 11.1 Å². The summed E-state index contributed by atoms with van der Waals surface area (Å²) < 4.78 is 39.3. The Balaban J connectivity index is 1.19. The molecule has 1 aliphatic carbocycles. The Bertz CT molecular complexity index is 1220. The fourth-order valence-corrected chi connectivity index (χ4v) is 6.26. The van der Waals surface area contributed by atoms with Gasteiger partial charge in [0.25, 0.3) is 0 Å². The molecule has 2 aromatic carbocycles. The van der Waals surface area contributed by atoms with E-state index in [1.54, 1.807) is 24.3 Å². The van der Waals surface area contributed by atoms with E-state index >= 15 is 0 Å². The second-order valence-electron chi connectivity index (χ2n) is 9.10. The highest BCUT2D eigenvalue weighted by Gasteiger charge is 2.35. The zero-order valence-corrected chi connectivity index (χ0v) is 20.2. The van der Waals surface area contributed by atoms with Crippen molar-refractivity contribution < 1.29 is 22.4 Å². The second-order valence-corrected chi connectivity index (χ2v) is 10.8. The standard InChI is InChI=1S/C26H29N3O5S/c30-26(29-14-15-33-17-25(29)20-4-2-1-3-5-20)21-6-10-22(11-7-21)28-35(31,32)23-12-8-19(9-13-23)24-16-34-18-27-24/h1-5,8-9,12-13,16,18,21-22,25,28H,6-7,10-11,14-15,17H2/t21-,22-,25-/m1/s1. The molecule has 2 fully saturated rings. The first-order valence-corrected chi connectivity index (χ1v) is 13.4. The molecule has 1 aliphatic heterocycles. The first kappa shape index (κ1) is 23.7. The van der Waals surface area contributed by atoms with E-state index in [1.807, 2.05) is 35.2 Å². The Morgan fingerprint density at radius 2 is 1.74 bits per heavy atom. The molecule has 1 saturated heterocycles. The number of benzene rings is 2. The average Bonchev–Trinajstić information content (AvgIpc) is 3.44. The van der Waals surface area contributed by atoms with Crippen LogP contribution in [-0.2, 0) is 19.6 Å². The van der Waals surface area contributed by atoms with Crippen LogP contribution >= 0.6 is 0 Å². The highest BCUT2D eigenvalue weighted by Crippen LogP contribution is 2.32. The Morgan fingerprint density at radius 1 is 1.00 bits per heavy atom. The van der Waals surface area contributed by atoms with Crippen LogP contribution in [-0.4, -0.2) is 50.0 Å². The van der Waals surface area contributed by atoms with Crippen LogP contribution in [0.2, 0.25) is 0 Å². The molecule has 5 rings (SSSR count). The van der Waals surface area contributed by atoms with Crippen LogP contribution < -0.4 is 4.72 Å². The molecule has 8 nitrogen and oxygen atoms in total. The largest absolute Gasteiger partial charge is 0.451 e. The summed E-state index contributed by atoms with van der Waals surface area (Å²) in [6.45, 7) is 1.62. The van der Waals surface area contributed by atoms with Gasteiger partial charge in [-0.1, -0.05) is 42.5 Å². The molecule has 1 atom stereocenters. The number of carbonyl (C=O) groups excluding carboxylic acids is 1. The summed E-state index contributed by atoms with van der Waals surface area (Å²) in [5, 5.41) is 0. The number of amides is 1. The molecule has 2 heterocycles. The van der Waals surface area contributed by atoms with Gasteiger partial charge in [0.1, 0.15) is 12.0 Å². The Kier molecular flexibility index (Phi) is 6.99. The molecule has 184 valence electrons. The van der Waals surface area contributed by atoms with Crippen LogP contribution in [0, 0.1) is 5.92 Å². The molecule has 0 radical (unpaired) electrons. The third-order valence-corrected chi connectivity index (χ3v) is 8.42. The minimum Gasteiger partial charge on any atom is -0.451 e. The summed E-state index contributed by atoms with van der Waals surface area (Å²) in [5.41, 5.74) is 2.52. The van der Waals surface area contributed by atoms with Gasteiger partial charge >= 0.3 is 0 Å². The zero-order valence-electron chi connectivity index (χ0n) is 19.4. The molecule has 1 aromatic heterocycles. The van der Waals surface area contributed by atoms with Crippen molar-refractivity contribution in [3.05, 3.63) is 72.8 Å². The topological polar surface area (TPSA) is 102 Å². The van der Waals surface area contributed by atoms with Crippen molar-refractivity contribution >= 4 is 15.9 Å². The van der Waals surface area contributed by atoms with Crippen molar-refractivity contribution in [3.8, 4) is 11.3 Å². The summed E-state index contributed by atoms with van der Waals surface area (Å²) in [6.07, 6.45) is 5.44. The van der Waals surface area contributed by atoms with Crippen molar-refractivity contribution in [2.45, 2.75) is 42.7 Å². The maximum atomic E-state index is 13.4. The fraction of sp³-hybridized carbons (Fsp3) is 0.385. The number of ether oxygens (including phenoxy) is 1. The Morgan fingerprint density at radius 3 is 2.43 bits per heavy atom. The minimum atomic E-state index is -3.65. The summed E-state index contributed by atoms with van der Waals surface area (Å²) in [4.78, 5) is 19.6. The second kappa shape index (κ2) is 10.3. The molecule has 1 saturated carbocycles. The van der Waals surface area contributed by atoms with Crippen molar-refractivity contribution in [2.24, 2.45) is 5.92 Å². The van der Waals surface area contributed by atoms with Gasteiger partial charge in [-0.25, -0.2) is 18.1 Å². The molecule has 9 heteroatoms. The van der Waals surface area contributed by atoms with E-state index < -0.39 is 10.0 Å². The molecular formula is C26H29N3O5S. The van der Waals surface area contributed by atoms with Crippen LogP contribution in [0.1, 0.15) is 37.3 Å². The van der Waals surface area contributed by atoms with Crippen LogP contribution in [0.15, 0.2) is 76.6 Å². The number of morpholine rings is 1. The van der Waals surface area contributed by atoms with E-state index in [1.165, 1.54) is 12.7 Å². The van der Waals surface area contributed by atoms with Gasteiger partial charge < -0.3 is 14.1 Å². The first-order valence-electron chi connectivity index (χ1n) is 12.0. The molecule has 0 unspecified atom stereocenters. The number of nitrogens with zero attached hydrogens (tertiary/aromatic N) is 2. The monoisotopic (exact) mass is 495 g/mol. The number of hydrogen-bond donors (Lipinski definition) is 1. The fourth-order valence-electron chi connectivity index (χ4n) is 4.96. The van der Waals surface area contributed by atoms with E-state index in [9.17, 15) is 13.2 Å². The maximum absolute atomic E-state index is 13.4. The predicted octanol–water partition coefficient (Wildman–Crippen LogP) is 3.78. The lowest BCUT2D eigenvalue weighted by molar-refractivity contribution is -0.145. The summed E-state index contributed by atoms with van der Waals surface area (Å²) in [6, 6.07) is 16.3. The number of hydrogen-bond acceptors (Lipinski definition) is 6. The van der Waals surface area contributed by atoms with Gasteiger partial charge in [0, 0.05) is 24.1 Å². The lowest BCUT2D eigenvalue weighted by Crippen LogP contribution is -2.47. The van der Waals surface area contributed by atoms with E-state index in [0.29, 0.717) is 51.1 Å². The molecule has 0 bridgehead atoms. The molecule has 35 heavy (non-hydrogen) atoms. The van der Waals surface area contributed by atoms with Crippen LogP contribution in [0.25, 0.3) is 11.3 Å². The van der Waals surface area contributed by atoms with Crippen molar-refractivity contribution in [2.75, 3.05) is 19.8 Å². The molecule has 1 amide bonds. The van der Waals surface area contributed by atoms with E-state index in [-0.39, 0.29) is 28.8 Å². The van der Waals surface area contributed by atoms with Gasteiger partial charge in [-0.3, -0.25) is 4.79 Å². The lowest BCUT2D eigenvalue weighted by atomic mass is 9.85. The van der Waals surface area contributed by atoms with E-state index in [2.05, 4.69) is 9.71 Å². The summed E-state index contributed by atoms with van der Waals surface area (Å²) in [7, 11) is -3.65. The molecule has 0 spiro atoms. The summed E-state index contributed by atoms with van der Waals surface area (Å²) >= 11 is 0. The van der Waals surface area contributed by atoms with Crippen LogP contribution in [0.5, 0.6) is 0 Å². The number of aromatic nitrogens is 1. The number of rotatable bonds is 6. The minimum absolute atomic E-state index is 0.0751. The molecule has 3 aromatic rings. The SMILES string of the molecule is O=C([C@H]1CC[C@H](NS(=O)(=O)c2ccc(-c3cocn3)cc2)CC1)N1CCOC[C@@H]1c1ccccc1. The lowest BCUT2D eigenvalue weighted by Gasteiger charge is -2.39. The number of carbonyl (C=O) groups is 1. The number of nitrogens with one attached hydrogen (secondary N) is 1. The van der Waals surface area contributed by atoms with Gasteiger partial charge in [-0.05, 0) is 43.4 Å². The smallest absolute Gasteiger partial charge is 0.240 e. The Labute approximate surface area is 205 Å². The van der Waals surface area contributed by atoms with Crippen molar-refractivity contribution in [1.29, 1.82) is 0 Å². The zero-order chi connectivity index (χ0) is 24.3. The number of oxazole rings is 1. The molecule has 2 aliphatic rings. The highest BCUT2D eigenvalue weighted by atomic mass is 32.2. The first-order chi connectivity index (χ1) is 17.0. The quantitative estimate of drug-likeness (QED) is 0.559. The van der Waals surface area contributed by atoms with Gasteiger partial charge in [-0.2, -0.15) is 0 Å². The maximum Gasteiger partial charge on any atom is 0.240 e. The van der Waals surface area contributed by atoms with Crippen LogP contribution in [0.3, 0.4) is 0 Å². The predicted molar refractivity (Wildman–Crippen MR) is 130 cm³/mol. The average molecular weight is 496 g/mol. The van der Waals surface area contributed by atoms with Crippen LogP contribution in [0.4, 0.5) is 0 Å². The third-order valence-electron chi connectivity index (χ3n) is 6.89. The van der Waals surface area contributed by atoms with Crippen molar-refractivity contribution in [1.82, 2.24) is 14.6 Å². The summed E-state index contributed by atoms with van der Waals surface area (Å²) in [5.74, 6) is 0.0497.